The van der Waals surface area contributed by atoms with Crippen LogP contribution in [0.1, 0.15) is 33.7 Å². The van der Waals surface area contributed by atoms with Gasteiger partial charge in [0.2, 0.25) is 0 Å². The van der Waals surface area contributed by atoms with Crippen molar-refractivity contribution in [3.8, 4) is 22.5 Å². The summed E-state index contributed by atoms with van der Waals surface area (Å²) in [5.74, 6) is 0.368. The van der Waals surface area contributed by atoms with E-state index in [4.69, 9.17) is 9.15 Å². The molecule has 0 fully saturated rings. The van der Waals surface area contributed by atoms with E-state index in [1.54, 1.807) is 17.8 Å². The van der Waals surface area contributed by atoms with Gasteiger partial charge in [-0.05, 0) is 90.3 Å². The molecule has 208 valence electrons. The smallest absolute Gasteiger partial charge is 0.252 e. The number of benzene rings is 3. The van der Waals surface area contributed by atoms with Crippen LogP contribution in [0.4, 0.5) is 0 Å². The minimum Gasteiger partial charge on any atom is -0.548 e. The monoisotopic (exact) mass is 574 g/mol. The van der Waals surface area contributed by atoms with Crippen LogP contribution >= 0.6 is 23.5 Å². The molecule has 3 aromatic carbocycles. The molecule has 0 saturated heterocycles. The Bertz CT molecular complexity index is 1450. The highest BCUT2D eigenvalue weighted by Crippen LogP contribution is 2.29. The zero-order valence-corrected chi connectivity index (χ0v) is 24.4. The fourth-order valence-corrected chi connectivity index (χ4v) is 5.21. The number of carbonyl (C=O) groups is 2. The van der Waals surface area contributed by atoms with Crippen molar-refractivity contribution in [1.82, 2.24) is 5.32 Å². The third-order valence-electron chi connectivity index (χ3n) is 6.51. The third kappa shape index (κ3) is 7.59. The summed E-state index contributed by atoms with van der Waals surface area (Å²) in [6.45, 7) is 2.59. The number of amides is 1. The van der Waals surface area contributed by atoms with Gasteiger partial charge in [-0.1, -0.05) is 42.5 Å². The quantitative estimate of drug-likeness (QED) is 0.197. The fourth-order valence-electron chi connectivity index (χ4n) is 4.33. The standard InChI is InChI=1S/C32H33NO5S2/c1-21-6-4-5-7-26(21)28-18-22(8-14-27(28)31(34)33-29(32(35)36)16-17-39-2)19-37-20-24-11-15-30(38-24)23-9-12-25(40-3)13-10-23/h4-15,18,29H,16-17,19-20H2,1-3H3,(H,33,34)(H,35,36)/p-1/t29-/m0/s1. The van der Waals surface area contributed by atoms with Crippen LogP contribution in [-0.2, 0) is 22.7 Å². The summed E-state index contributed by atoms with van der Waals surface area (Å²) in [5.41, 5.74) is 4.90. The molecule has 1 atom stereocenters. The fraction of sp³-hybridized carbons (Fsp3) is 0.250. The molecule has 0 saturated carbocycles. The summed E-state index contributed by atoms with van der Waals surface area (Å²) in [5, 5.41) is 14.3. The summed E-state index contributed by atoms with van der Waals surface area (Å²) in [7, 11) is 0. The Balaban J connectivity index is 1.49. The van der Waals surface area contributed by atoms with Gasteiger partial charge in [0, 0.05) is 16.0 Å². The lowest BCUT2D eigenvalue weighted by molar-refractivity contribution is -0.308. The molecule has 0 aliphatic heterocycles. The number of aliphatic carboxylic acids is 1. The second kappa shape index (κ2) is 14.3. The number of rotatable bonds is 13. The lowest BCUT2D eigenvalue weighted by atomic mass is 9.93. The van der Waals surface area contributed by atoms with Gasteiger partial charge in [-0.25, -0.2) is 0 Å². The Morgan fingerprint density at radius 2 is 1.73 bits per heavy atom. The van der Waals surface area contributed by atoms with E-state index in [1.807, 2.05) is 80.1 Å². The van der Waals surface area contributed by atoms with Gasteiger partial charge in [0.25, 0.3) is 5.91 Å². The van der Waals surface area contributed by atoms with Crippen molar-refractivity contribution in [2.24, 2.45) is 0 Å². The van der Waals surface area contributed by atoms with Gasteiger partial charge < -0.3 is 24.4 Å². The van der Waals surface area contributed by atoms with Crippen LogP contribution in [0.2, 0.25) is 0 Å². The van der Waals surface area contributed by atoms with E-state index >= 15 is 0 Å². The first-order valence-corrected chi connectivity index (χ1v) is 15.5. The maximum atomic E-state index is 13.2. The molecule has 8 heteroatoms. The summed E-state index contributed by atoms with van der Waals surface area (Å²) in [4.78, 5) is 26.1. The molecule has 1 aromatic heterocycles. The van der Waals surface area contributed by atoms with E-state index in [1.165, 1.54) is 16.7 Å². The van der Waals surface area contributed by atoms with E-state index < -0.39 is 17.9 Å². The van der Waals surface area contributed by atoms with E-state index in [-0.39, 0.29) is 0 Å². The third-order valence-corrected chi connectivity index (χ3v) is 7.90. The molecule has 1 N–H and O–H groups in total. The Kier molecular flexibility index (Phi) is 10.5. The van der Waals surface area contributed by atoms with Crippen molar-refractivity contribution in [3.05, 3.63) is 101 Å². The highest BCUT2D eigenvalue weighted by molar-refractivity contribution is 7.98. The van der Waals surface area contributed by atoms with E-state index in [0.717, 1.165) is 33.8 Å². The van der Waals surface area contributed by atoms with Gasteiger partial charge in [-0.3, -0.25) is 4.79 Å². The van der Waals surface area contributed by atoms with Crippen LogP contribution in [0.5, 0.6) is 0 Å². The molecule has 4 rings (SSSR count). The molecule has 0 unspecified atom stereocenters. The number of nitrogens with one attached hydrogen (secondary N) is 1. The topological polar surface area (TPSA) is 91.6 Å². The van der Waals surface area contributed by atoms with Gasteiger partial charge >= 0.3 is 0 Å². The Morgan fingerprint density at radius 1 is 0.950 bits per heavy atom. The maximum Gasteiger partial charge on any atom is 0.252 e. The zero-order chi connectivity index (χ0) is 28.5. The van der Waals surface area contributed by atoms with Crippen molar-refractivity contribution in [1.29, 1.82) is 0 Å². The number of carboxylic acid groups (broad SMARTS) is 1. The number of carboxylic acids is 1. The van der Waals surface area contributed by atoms with Crippen LogP contribution < -0.4 is 10.4 Å². The molecule has 0 aliphatic carbocycles. The Labute approximate surface area is 243 Å². The van der Waals surface area contributed by atoms with Crippen LogP contribution in [0.3, 0.4) is 0 Å². The largest absolute Gasteiger partial charge is 0.548 e. The van der Waals surface area contributed by atoms with Crippen LogP contribution in [0.25, 0.3) is 22.5 Å². The lowest BCUT2D eigenvalue weighted by Crippen LogP contribution is -2.48. The number of thioether (sulfide) groups is 2. The normalized spacial score (nSPS) is 11.8. The van der Waals surface area contributed by atoms with Gasteiger partial charge in [0.15, 0.2) is 0 Å². The Hall–Kier alpha value is -3.46. The SMILES string of the molecule is CSCC[C@H](NC(=O)c1ccc(COCc2ccc(-c3ccc(SC)cc3)o2)cc1-c1ccccc1C)C(=O)[O-]. The van der Waals surface area contributed by atoms with E-state index in [2.05, 4.69) is 17.4 Å². The molecule has 0 aliphatic rings. The lowest BCUT2D eigenvalue weighted by Gasteiger charge is -2.21. The molecule has 0 spiro atoms. The molecule has 1 amide bonds. The van der Waals surface area contributed by atoms with E-state index in [9.17, 15) is 14.7 Å². The van der Waals surface area contributed by atoms with Crippen LogP contribution in [-0.4, -0.2) is 36.2 Å². The van der Waals surface area contributed by atoms with Crippen molar-refractivity contribution in [3.63, 3.8) is 0 Å². The van der Waals surface area contributed by atoms with Crippen molar-refractivity contribution >= 4 is 35.4 Å². The zero-order valence-electron chi connectivity index (χ0n) is 22.8. The van der Waals surface area contributed by atoms with Gasteiger partial charge in [-0.15, -0.1) is 11.8 Å². The average Bonchev–Trinajstić information content (AvgIpc) is 3.44. The summed E-state index contributed by atoms with van der Waals surface area (Å²) >= 11 is 3.21. The molecular weight excluding hydrogens is 542 g/mol. The molecule has 0 bridgehead atoms. The van der Waals surface area contributed by atoms with Gasteiger partial charge in [0.1, 0.15) is 18.1 Å². The van der Waals surface area contributed by atoms with Crippen LogP contribution in [0, 0.1) is 6.92 Å². The first kappa shape index (κ1) is 29.5. The predicted octanol–water partition coefficient (Wildman–Crippen LogP) is 5.96. The van der Waals surface area contributed by atoms with Crippen LogP contribution in [0.15, 0.2) is 88.2 Å². The molecule has 1 heterocycles. The van der Waals surface area contributed by atoms with Crippen molar-refractivity contribution in [2.75, 3.05) is 18.3 Å². The number of carbonyl (C=O) groups excluding carboxylic acids is 2. The van der Waals surface area contributed by atoms with Crippen molar-refractivity contribution < 1.29 is 23.8 Å². The summed E-state index contributed by atoms with van der Waals surface area (Å²) in [6, 6.07) is 24.3. The first-order valence-electron chi connectivity index (χ1n) is 12.9. The van der Waals surface area contributed by atoms with Gasteiger partial charge in [-0.2, -0.15) is 11.8 Å². The maximum absolute atomic E-state index is 13.2. The minimum absolute atomic E-state index is 0.290. The number of hydrogen-bond acceptors (Lipinski definition) is 7. The summed E-state index contributed by atoms with van der Waals surface area (Å²) in [6.07, 6.45) is 4.23. The first-order chi connectivity index (χ1) is 19.4. The molecule has 40 heavy (non-hydrogen) atoms. The molecule has 4 aromatic rings. The van der Waals surface area contributed by atoms with E-state index in [0.29, 0.717) is 36.5 Å². The predicted molar refractivity (Wildman–Crippen MR) is 160 cm³/mol. The number of aryl methyl sites for hydroxylation is 1. The number of ether oxygens (including phenoxy) is 1. The highest BCUT2D eigenvalue weighted by atomic mass is 32.2. The summed E-state index contributed by atoms with van der Waals surface area (Å²) < 4.78 is 12.0. The molecule has 6 nitrogen and oxygen atoms in total. The Morgan fingerprint density at radius 3 is 2.42 bits per heavy atom. The average molecular weight is 575 g/mol. The molecular formula is C32H32NO5S2-. The minimum atomic E-state index is -1.29. The number of furan rings is 1. The second-order valence-corrected chi connectivity index (χ2v) is 11.2. The van der Waals surface area contributed by atoms with Gasteiger partial charge in [0.05, 0.1) is 18.6 Å². The number of hydrogen-bond donors (Lipinski definition) is 1. The van der Waals surface area contributed by atoms with Crippen molar-refractivity contribution in [2.45, 2.75) is 37.5 Å². The second-order valence-electron chi connectivity index (χ2n) is 9.31. The molecule has 0 radical (unpaired) electrons. The highest BCUT2D eigenvalue weighted by Gasteiger charge is 2.19.